The number of rotatable bonds is 1. The Kier molecular flexibility index (Phi) is 1.25. The minimum atomic E-state index is 0.257. The van der Waals surface area contributed by atoms with Gasteiger partial charge in [0.25, 0.3) is 0 Å². The predicted molar refractivity (Wildman–Crippen MR) is 44.2 cm³/mol. The molecule has 1 saturated heterocycles. The highest BCUT2D eigenvalue weighted by Gasteiger charge is 2.63. The maximum atomic E-state index is 5.22. The Morgan fingerprint density at radius 1 is 1.00 bits per heavy atom. The zero-order valence-electron chi connectivity index (χ0n) is 7.44. The fraction of sp³-hybridized carbons (Fsp3) is 0.800. The molecule has 0 N–H and O–H groups in total. The fourth-order valence-corrected chi connectivity index (χ4v) is 2.95. The third-order valence-corrected chi connectivity index (χ3v) is 3.49. The summed E-state index contributed by atoms with van der Waals surface area (Å²) in [5.74, 6) is 3.12. The SMILES string of the molecule is CC(C)C1[C@@H]2[C@@H]1[C@H]1C=C[C@@H]2OO1. The molecule has 2 bridgehead atoms. The Labute approximate surface area is 72.5 Å². The smallest absolute Gasteiger partial charge is 0.115 e. The Bertz CT molecular complexity index is 214. The van der Waals surface area contributed by atoms with Crippen molar-refractivity contribution in [2.24, 2.45) is 23.7 Å². The van der Waals surface area contributed by atoms with Crippen molar-refractivity contribution < 1.29 is 9.78 Å². The molecule has 2 heterocycles. The van der Waals surface area contributed by atoms with Gasteiger partial charge in [0.15, 0.2) is 0 Å². The van der Waals surface area contributed by atoms with Crippen LogP contribution in [0.5, 0.6) is 0 Å². The van der Waals surface area contributed by atoms with Gasteiger partial charge in [0.1, 0.15) is 12.2 Å². The summed E-state index contributed by atoms with van der Waals surface area (Å²) >= 11 is 0. The summed E-state index contributed by atoms with van der Waals surface area (Å²) in [6, 6.07) is 0. The van der Waals surface area contributed by atoms with Crippen molar-refractivity contribution in [3.63, 3.8) is 0 Å². The first-order valence-corrected chi connectivity index (χ1v) is 4.79. The molecule has 4 rings (SSSR count). The molecule has 4 aliphatic rings. The summed E-state index contributed by atoms with van der Waals surface area (Å²) in [5, 5.41) is 0. The van der Waals surface area contributed by atoms with E-state index in [1.165, 1.54) is 0 Å². The molecule has 2 heteroatoms. The first kappa shape index (κ1) is 7.10. The summed E-state index contributed by atoms with van der Waals surface area (Å²) in [4.78, 5) is 10.4. The van der Waals surface area contributed by atoms with Crippen LogP contribution in [0.4, 0.5) is 0 Å². The maximum absolute atomic E-state index is 5.22. The third kappa shape index (κ3) is 0.723. The molecule has 2 aliphatic carbocycles. The summed E-state index contributed by atoms with van der Waals surface area (Å²) in [6.45, 7) is 4.59. The van der Waals surface area contributed by atoms with E-state index in [1.54, 1.807) is 0 Å². The molecule has 2 nitrogen and oxygen atoms in total. The van der Waals surface area contributed by atoms with Gasteiger partial charge in [-0.3, -0.25) is 0 Å². The van der Waals surface area contributed by atoms with Crippen LogP contribution in [-0.2, 0) is 9.78 Å². The van der Waals surface area contributed by atoms with E-state index in [4.69, 9.17) is 9.78 Å². The van der Waals surface area contributed by atoms with Gasteiger partial charge in [0.05, 0.1) is 0 Å². The standard InChI is InChI=1S/C10H14O2/c1-5(2)8-9-6-3-4-7(10(8)9)12-11-6/h3-10H,1-2H3/t6-,7+,8?,9-,10-/m1/s1. The summed E-state index contributed by atoms with van der Waals surface area (Å²) in [7, 11) is 0. The molecule has 0 amide bonds. The first-order chi connectivity index (χ1) is 5.79. The van der Waals surface area contributed by atoms with Crippen LogP contribution in [0.25, 0.3) is 0 Å². The second kappa shape index (κ2) is 2.12. The van der Waals surface area contributed by atoms with Crippen LogP contribution in [0.15, 0.2) is 12.2 Å². The van der Waals surface area contributed by atoms with E-state index in [2.05, 4.69) is 26.0 Å². The van der Waals surface area contributed by atoms with Crippen LogP contribution in [0.1, 0.15) is 13.8 Å². The van der Waals surface area contributed by atoms with Gasteiger partial charge in [-0.2, -0.15) is 0 Å². The normalized spacial score (nSPS) is 54.4. The van der Waals surface area contributed by atoms with Crippen LogP contribution in [0, 0.1) is 23.7 Å². The van der Waals surface area contributed by atoms with Crippen molar-refractivity contribution in [3.05, 3.63) is 12.2 Å². The van der Waals surface area contributed by atoms with Gasteiger partial charge in [-0.25, -0.2) is 9.78 Å². The Morgan fingerprint density at radius 3 is 1.83 bits per heavy atom. The van der Waals surface area contributed by atoms with Crippen molar-refractivity contribution in [2.45, 2.75) is 26.1 Å². The van der Waals surface area contributed by atoms with Crippen LogP contribution >= 0.6 is 0 Å². The van der Waals surface area contributed by atoms with Crippen molar-refractivity contribution in [3.8, 4) is 0 Å². The molecular weight excluding hydrogens is 152 g/mol. The van der Waals surface area contributed by atoms with Crippen LogP contribution in [0.2, 0.25) is 0 Å². The van der Waals surface area contributed by atoms with Crippen molar-refractivity contribution in [2.75, 3.05) is 0 Å². The fourth-order valence-electron chi connectivity index (χ4n) is 2.95. The van der Waals surface area contributed by atoms with Gasteiger partial charge in [-0.05, 0) is 11.8 Å². The lowest BCUT2D eigenvalue weighted by molar-refractivity contribution is -0.364. The van der Waals surface area contributed by atoms with Crippen LogP contribution in [-0.4, -0.2) is 12.2 Å². The van der Waals surface area contributed by atoms with Gasteiger partial charge < -0.3 is 0 Å². The minimum Gasteiger partial charge on any atom is -0.228 e. The van der Waals surface area contributed by atoms with Crippen LogP contribution in [0.3, 0.4) is 0 Å². The van der Waals surface area contributed by atoms with Gasteiger partial charge in [-0.1, -0.05) is 26.0 Å². The molecule has 0 aromatic rings. The average molecular weight is 166 g/mol. The monoisotopic (exact) mass is 166 g/mol. The highest BCUT2D eigenvalue weighted by molar-refractivity contribution is 5.21. The second-order valence-corrected chi connectivity index (χ2v) is 4.48. The minimum absolute atomic E-state index is 0.257. The summed E-state index contributed by atoms with van der Waals surface area (Å²) in [5.41, 5.74) is 0. The molecule has 2 aliphatic heterocycles. The van der Waals surface area contributed by atoms with Gasteiger partial charge in [0, 0.05) is 11.8 Å². The summed E-state index contributed by atoms with van der Waals surface area (Å²) in [6.07, 6.45) is 4.84. The molecule has 2 fully saturated rings. The number of hydrogen-bond acceptors (Lipinski definition) is 2. The molecule has 12 heavy (non-hydrogen) atoms. The molecule has 1 saturated carbocycles. The summed E-state index contributed by atoms with van der Waals surface area (Å²) < 4.78 is 0. The average Bonchev–Trinajstić information content (AvgIpc) is 2.81. The second-order valence-electron chi connectivity index (χ2n) is 4.48. The molecule has 0 aromatic carbocycles. The van der Waals surface area contributed by atoms with E-state index in [0.717, 1.165) is 23.7 Å². The zero-order chi connectivity index (χ0) is 8.29. The van der Waals surface area contributed by atoms with E-state index in [-0.39, 0.29) is 12.2 Å². The zero-order valence-corrected chi connectivity index (χ0v) is 7.44. The van der Waals surface area contributed by atoms with E-state index >= 15 is 0 Å². The topological polar surface area (TPSA) is 18.5 Å². The molecule has 1 unspecified atom stereocenters. The maximum Gasteiger partial charge on any atom is 0.115 e. The number of hydrogen-bond donors (Lipinski definition) is 0. The van der Waals surface area contributed by atoms with E-state index < -0.39 is 0 Å². The Hall–Kier alpha value is -0.340. The quantitative estimate of drug-likeness (QED) is 0.436. The van der Waals surface area contributed by atoms with Crippen molar-refractivity contribution in [1.82, 2.24) is 0 Å². The lowest BCUT2D eigenvalue weighted by Crippen LogP contribution is -2.32. The molecule has 5 atom stereocenters. The first-order valence-electron chi connectivity index (χ1n) is 4.79. The van der Waals surface area contributed by atoms with Gasteiger partial charge in [-0.15, -0.1) is 0 Å². The van der Waals surface area contributed by atoms with E-state index in [9.17, 15) is 0 Å². The predicted octanol–water partition coefficient (Wildman–Crippen LogP) is 1.77. The van der Waals surface area contributed by atoms with E-state index in [0.29, 0.717) is 0 Å². The van der Waals surface area contributed by atoms with E-state index in [1.807, 2.05) is 0 Å². The lowest BCUT2D eigenvalue weighted by atomic mass is 10.0. The largest absolute Gasteiger partial charge is 0.228 e. The Morgan fingerprint density at radius 2 is 1.50 bits per heavy atom. The van der Waals surface area contributed by atoms with Gasteiger partial charge in [0.2, 0.25) is 0 Å². The van der Waals surface area contributed by atoms with Crippen LogP contribution < -0.4 is 0 Å². The molecular formula is C10H14O2. The lowest BCUT2D eigenvalue weighted by Gasteiger charge is -2.28. The van der Waals surface area contributed by atoms with Gasteiger partial charge >= 0.3 is 0 Å². The highest BCUT2D eigenvalue weighted by atomic mass is 17.2. The van der Waals surface area contributed by atoms with Crippen molar-refractivity contribution >= 4 is 0 Å². The molecule has 0 radical (unpaired) electrons. The molecule has 66 valence electrons. The van der Waals surface area contributed by atoms with Crippen molar-refractivity contribution in [1.29, 1.82) is 0 Å². The third-order valence-electron chi connectivity index (χ3n) is 3.49. The number of fused-ring (bicyclic) bond motifs is 1. The highest BCUT2D eigenvalue weighted by Crippen LogP contribution is 2.60. The Balaban J connectivity index is 1.87. The molecule has 0 spiro atoms. The molecule has 0 aromatic heterocycles.